The summed E-state index contributed by atoms with van der Waals surface area (Å²) >= 11 is 0. The number of amides is 1. The molecule has 21 heavy (non-hydrogen) atoms. The van der Waals surface area contributed by atoms with Crippen molar-refractivity contribution in [3.8, 4) is 0 Å². The number of nitrogens with two attached hydrogens (primary N) is 1. The average molecular weight is 317 g/mol. The fourth-order valence-corrected chi connectivity index (χ4v) is 4.41. The molecular weight excluding hydrogens is 290 g/mol. The van der Waals surface area contributed by atoms with Gasteiger partial charge >= 0.3 is 0 Å². The molecule has 7 heteroatoms. The van der Waals surface area contributed by atoms with E-state index < -0.39 is 15.8 Å². The Morgan fingerprint density at radius 2 is 1.71 bits per heavy atom. The number of nitrogens with one attached hydrogen (secondary N) is 1. The third-order valence-electron chi connectivity index (χ3n) is 4.57. The van der Waals surface area contributed by atoms with Crippen molar-refractivity contribution >= 4 is 15.9 Å². The molecule has 6 nitrogen and oxygen atoms in total. The number of nitrogens with zero attached hydrogens (tertiary/aromatic N) is 1. The number of likely N-dealkylation sites (tertiary alicyclic amines) is 1. The van der Waals surface area contributed by atoms with Crippen molar-refractivity contribution in [3.05, 3.63) is 0 Å². The topological polar surface area (TPSA) is 92.5 Å². The van der Waals surface area contributed by atoms with E-state index in [1.165, 1.54) is 0 Å². The van der Waals surface area contributed by atoms with Crippen LogP contribution < -0.4 is 10.5 Å². The van der Waals surface area contributed by atoms with Crippen LogP contribution in [0, 0.1) is 5.92 Å². The molecule has 2 rings (SSSR count). The number of carbonyl (C=O) groups excluding carboxylic acids is 1. The van der Waals surface area contributed by atoms with Gasteiger partial charge in [-0.2, -0.15) is 0 Å². The monoisotopic (exact) mass is 317 g/mol. The quantitative estimate of drug-likeness (QED) is 0.786. The number of hydrogen-bond donors (Lipinski definition) is 2. The normalized spacial score (nSPS) is 28.6. The highest BCUT2D eigenvalue weighted by Crippen LogP contribution is 2.23. The van der Waals surface area contributed by atoms with E-state index in [9.17, 15) is 13.2 Å². The van der Waals surface area contributed by atoms with E-state index in [4.69, 9.17) is 5.73 Å². The van der Waals surface area contributed by atoms with Gasteiger partial charge in [-0.25, -0.2) is 13.1 Å². The van der Waals surface area contributed by atoms with Crippen LogP contribution in [-0.4, -0.2) is 50.2 Å². The lowest BCUT2D eigenvalue weighted by atomic mass is 9.88. The van der Waals surface area contributed by atoms with Gasteiger partial charge in [0.25, 0.3) is 0 Å². The first-order valence-corrected chi connectivity index (χ1v) is 9.54. The summed E-state index contributed by atoms with van der Waals surface area (Å²) in [6.07, 6.45) is 5.33. The molecular formula is C14H27N3O3S. The second kappa shape index (κ2) is 7.07. The van der Waals surface area contributed by atoms with Gasteiger partial charge in [-0.3, -0.25) is 4.79 Å². The highest BCUT2D eigenvalue weighted by atomic mass is 32.2. The SMILES string of the molecule is CC1CCC(NS(=O)(=O)CC(=O)N2CCC(N)CC2)CC1. The first-order chi connectivity index (χ1) is 9.85. The Morgan fingerprint density at radius 1 is 1.14 bits per heavy atom. The molecule has 0 aromatic rings. The molecule has 0 spiro atoms. The minimum absolute atomic E-state index is 0.00576. The van der Waals surface area contributed by atoms with E-state index >= 15 is 0 Å². The third kappa shape index (κ3) is 5.23. The predicted octanol–water partition coefficient (Wildman–Crippen LogP) is 0.434. The van der Waals surface area contributed by atoms with Crippen molar-refractivity contribution in [2.75, 3.05) is 18.8 Å². The molecule has 0 aromatic heterocycles. The van der Waals surface area contributed by atoms with Gasteiger partial charge < -0.3 is 10.6 Å². The molecule has 2 aliphatic rings. The van der Waals surface area contributed by atoms with Crippen LogP contribution in [0.3, 0.4) is 0 Å². The molecule has 3 N–H and O–H groups in total. The van der Waals surface area contributed by atoms with E-state index in [2.05, 4.69) is 11.6 Å². The molecule has 0 aromatic carbocycles. The van der Waals surface area contributed by atoms with Gasteiger partial charge in [0.2, 0.25) is 15.9 Å². The van der Waals surface area contributed by atoms with Crippen molar-refractivity contribution in [2.24, 2.45) is 11.7 Å². The smallest absolute Gasteiger partial charge is 0.239 e. The van der Waals surface area contributed by atoms with Gasteiger partial charge in [0.05, 0.1) is 0 Å². The van der Waals surface area contributed by atoms with E-state index in [1.807, 2.05) is 0 Å². The van der Waals surface area contributed by atoms with Crippen molar-refractivity contribution in [1.82, 2.24) is 9.62 Å². The van der Waals surface area contributed by atoms with Crippen LogP contribution in [0.25, 0.3) is 0 Å². The van der Waals surface area contributed by atoms with Crippen LogP contribution in [0.2, 0.25) is 0 Å². The summed E-state index contributed by atoms with van der Waals surface area (Å²) in [5.74, 6) is -0.0718. The summed E-state index contributed by atoms with van der Waals surface area (Å²) in [6.45, 7) is 3.32. The minimum atomic E-state index is -3.53. The van der Waals surface area contributed by atoms with Crippen LogP contribution in [0.15, 0.2) is 0 Å². The lowest BCUT2D eigenvalue weighted by molar-refractivity contribution is -0.129. The Balaban J connectivity index is 1.81. The Bertz CT molecular complexity index is 450. The Hall–Kier alpha value is -0.660. The molecule has 0 radical (unpaired) electrons. The number of carbonyl (C=O) groups is 1. The van der Waals surface area contributed by atoms with Crippen molar-refractivity contribution in [2.45, 2.75) is 57.5 Å². The molecule has 1 amide bonds. The molecule has 2 fully saturated rings. The summed E-state index contributed by atoms with van der Waals surface area (Å²) in [5, 5.41) is 0. The summed E-state index contributed by atoms with van der Waals surface area (Å²) in [4.78, 5) is 13.7. The summed E-state index contributed by atoms with van der Waals surface area (Å²) < 4.78 is 26.9. The number of sulfonamides is 1. The van der Waals surface area contributed by atoms with Crippen LogP contribution >= 0.6 is 0 Å². The molecule has 0 unspecified atom stereocenters. The zero-order valence-corrected chi connectivity index (χ0v) is 13.6. The first kappa shape index (κ1) is 16.7. The molecule has 0 atom stereocenters. The van der Waals surface area contributed by atoms with Gasteiger partial charge in [0.15, 0.2) is 0 Å². The standard InChI is InChI=1S/C14H27N3O3S/c1-11-2-4-13(5-3-11)16-21(19,20)10-14(18)17-8-6-12(15)7-9-17/h11-13,16H,2-10,15H2,1H3. The fourth-order valence-electron chi connectivity index (χ4n) is 3.08. The van der Waals surface area contributed by atoms with E-state index in [1.54, 1.807) is 4.90 Å². The Kier molecular flexibility index (Phi) is 5.62. The largest absolute Gasteiger partial charge is 0.342 e. The Labute approximate surface area is 127 Å². The Morgan fingerprint density at radius 3 is 2.29 bits per heavy atom. The van der Waals surface area contributed by atoms with E-state index in [0.29, 0.717) is 19.0 Å². The first-order valence-electron chi connectivity index (χ1n) is 7.89. The van der Waals surface area contributed by atoms with Crippen molar-refractivity contribution in [1.29, 1.82) is 0 Å². The number of rotatable bonds is 4. The molecule has 1 saturated carbocycles. The number of piperidine rings is 1. The second-order valence-electron chi connectivity index (χ2n) is 6.55. The molecule has 1 aliphatic heterocycles. The van der Waals surface area contributed by atoms with Crippen molar-refractivity contribution in [3.63, 3.8) is 0 Å². The lowest BCUT2D eigenvalue weighted by Gasteiger charge is -2.31. The molecule has 1 heterocycles. The molecule has 1 saturated heterocycles. The maximum absolute atomic E-state index is 12.1. The second-order valence-corrected chi connectivity index (χ2v) is 8.31. The maximum Gasteiger partial charge on any atom is 0.239 e. The van der Waals surface area contributed by atoms with E-state index in [-0.39, 0.29) is 18.0 Å². The molecule has 0 bridgehead atoms. The molecule has 1 aliphatic carbocycles. The zero-order chi connectivity index (χ0) is 15.5. The summed E-state index contributed by atoms with van der Waals surface area (Å²) in [6, 6.07) is 0.127. The lowest BCUT2D eigenvalue weighted by Crippen LogP contribution is -2.47. The minimum Gasteiger partial charge on any atom is -0.342 e. The molecule has 122 valence electrons. The van der Waals surface area contributed by atoms with Crippen LogP contribution in [0.1, 0.15) is 45.4 Å². The third-order valence-corrected chi connectivity index (χ3v) is 5.89. The van der Waals surface area contributed by atoms with Crippen molar-refractivity contribution < 1.29 is 13.2 Å². The summed E-state index contributed by atoms with van der Waals surface area (Å²) in [7, 11) is -3.53. The zero-order valence-electron chi connectivity index (χ0n) is 12.8. The predicted molar refractivity (Wildman–Crippen MR) is 82.1 cm³/mol. The van der Waals surface area contributed by atoms with Gasteiger partial charge in [-0.15, -0.1) is 0 Å². The fraction of sp³-hybridized carbons (Fsp3) is 0.929. The van der Waals surface area contributed by atoms with Gasteiger partial charge in [0.1, 0.15) is 5.75 Å². The van der Waals surface area contributed by atoms with Crippen LogP contribution in [0.4, 0.5) is 0 Å². The highest BCUT2D eigenvalue weighted by Gasteiger charge is 2.28. The van der Waals surface area contributed by atoms with Gasteiger partial charge in [0, 0.05) is 25.2 Å². The maximum atomic E-state index is 12.1. The highest BCUT2D eigenvalue weighted by molar-refractivity contribution is 7.90. The average Bonchev–Trinajstić information content (AvgIpc) is 2.41. The van der Waals surface area contributed by atoms with Crippen LogP contribution in [0.5, 0.6) is 0 Å². The summed E-state index contributed by atoms with van der Waals surface area (Å²) in [5.41, 5.74) is 5.79. The van der Waals surface area contributed by atoms with Crippen LogP contribution in [-0.2, 0) is 14.8 Å². The van der Waals surface area contributed by atoms with Gasteiger partial charge in [-0.05, 0) is 44.4 Å². The number of hydrogen-bond acceptors (Lipinski definition) is 4. The van der Waals surface area contributed by atoms with Gasteiger partial charge in [-0.1, -0.05) is 6.92 Å². The van der Waals surface area contributed by atoms with E-state index in [0.717, 1.165) is 38.5 Å².